The number of fused-ring (bicyclic) bond motifs is 7. The first-order valence-electron chi connectivity index (χ1n) is 15.1. The molecule has 0 radical (unpaired) electrons. The number of carbonyl (C=O) groups excluding carboxylic acids is 2. The maximum atomic E-state index is 14.5. The van der Waals surface area contributed by atoms with Crippen molar-refractivity contribution in [2.45, 2.75) is 99.0 Å². The highest BCUT2D eigenvalue weighted by molar-refractivity contribution is 7.87. The summed E-state index contributed by atoms with van der Waals surface area (Å²) in [6.45, 7) is 14.7. The molecule has 0 aromatic carbocycles. The highest BCUT2D eigenvalue weighted by Crippen LogP contribution is 2.75. The zero-order valence-electron chi connectivity index (χ0n) is 25.9. The Labute approximate surface area is 245 Å². The lowest BCUT2D eigenvalue weighted by Crippen LogP contribution is -2.74. The summed E-state index contributed by atoms with van der Waals surface area (Å²) in [5.41, 5.74) is -3.90. The Morgan fingerprint density at radius 3 is 2.24 bits per heavy atom. The fraction of sp³-hybridized carbons (Fsp3) is 0.781. The van der Waals surface area contributed by atoms with E-state index in [1.54, 1.807) is 6.08 Å². The SMILES string of the molecule is CNS(=O)(=O)NC[C@@]1(C)CC[C@]2(C)CC[C@@]3(C)[C@]4(C)CC[C@H]5C(C)(C)C(=O)C(C#N)=C[C@]5(C)C4=CC(=O)[C@]3(O)[C@@H]2C1. The lowest BCUT2D eigenvalue weighted by Gasteiger charge is -2.71. The van der Waals surface area contributed by atoms with Crippen LogP contribution in [-0.4, -0.2) is 44.3 Å². The third-order valence-corrected chi connectivity index (χ3v) is 14.4. The number of carbonyl (C=O) groups is 2. The number of nitrogens with one attached hydrogen (secondary N) is 2. The lowest BCUT2D eigenvalue weighted by atomic mass is 9.33. The zero-order valence-corrected chi connectivity index (χ0v) is 26.7. The van der Waals surface area contributed by atoms with E-state index in [0.29, 0.717) is 12.8 Å². The predicted molar refractivity (Wildman–Crippen MR) is 156 cm³/mol. The highest BCUT2D eigenvalue weighted by Gasteiger charge is 2.75. The van der Waals surface area contributed by atoms with Gasteiger partial charge in [-0.15, -0.1) is 0 Å². The van der Waals surface area contributed by atoms with Crippen LogP contribution >= 0.6 is 0 Å². The Balaban J connectivity index is 1.64. The van der Waals surface area contributed by atoms with Gasteiger partial charge >= 0.3 is 0 Å². The average Bonchev–Trinajstić information content (AvgIpc) is 2.90. The van der Waals surface area contributed by atoms with E-state index in [-0.39, 0.29) is 40.9 Å². The second-order valence-electron chi connectivity index (χ2n) is 15.7. The van der Waals surface area contributed by atoms with E-state index in [0.717, 1.165) is 37.7 Å². The van der Waals surface area contributed by atoms with Crippen molar-refractivity contribution >= 4 is 21.8 Å². The van der Waals surface area contributed by atoms with E-state index in [1.807, 2.05) is 19.9 Å². The number of allylic oxidation sites excluding steroid dienone is 3. The van der Waals surface area contributed by atoms with Crippen LogP contribution in [0.1, 0.15) is 93.4 Å². The molecule has 5 rings (SSSR count). The first-order chi connectivity index (χ1) is 18.7. The molecule has 9 heteroatoms. The Kier molecular flexibility index (Phi) is 6.60. The summed E-state index contributed by atoms with van der Waals surface area (Å²) < 4.78 is 29.4. The second-order valence-corrected chi connectivity index (χ2v) is 17.4. The van der Waals surface area contributed by atoms with Crippen molar-refractivity contribution in [2.75, 3.05) is 13.6 Å². The molecule has 41 heavy (non-hydrogen) atoms. The van der Waals surface area contributed by atoms with Gasteiger partial charge in [0.05, 0.1) is 5.57 Å². The molecule has 0 aromatic heterocycles. The number of Topliss-reactive ketones (excluding diaryl/α,β-unsaturated/α-hetero) is 1. The van der Waals surface area contributed by atoms with Gasteiger partial charge < -0.3 is 5.11 Å². The Morgan fingerprint density at radius 1 is 1.00 bits per heavy atom. The minimum absolute atomic E-state index is 0.0615. The number of rotatable bonds is 4. The highest BCUT2D eigenvalue weighted by atomic mass is 32.2. The maximum Gasteiger partial charge on any atom is 0.276 e. The predicted octanol–water partition coefficient (Wildman–Crippen LogP) is 4.37. The third kappa shape index (κ3) is 3.82. The molecule has 5 aliphatic rings. The Hall–Kier alpha value is -1.86. The van der Waals surface area contributed by atoms with Gasteiger partial charge in [0.15, 0.2) is 11.6 Å². The van der Waals surface area contributed by atoms with Crippen molar-refractivity contribution < 1.29 is 23.1 Å². The molecule has 0 bridgehead atoms. The normalized spacial score (nSPS) is 47.1. The molecule has 3 saturated carbocycles. The van der Waals surface area contributed by atoms with Crippen LogP contribution in [0, 0.1) is 55.7 Å². The van der Waals surface area contributed by atoms with Crippen molar-refractivity contribution in [3.05, 3.63) is 23.3 Å². The summed E-state index contributed by atoms with van der Waals surface area (Å²) in [6.07, 6.45) is 8.69. The van der Waals surface area contributed by atoms with E-state index in [4.69, 9.17) is 0 Å². The molecule has 226 valence electrons. The minimum atomic E-state index is -3.62. The Bertz CT molecular complexity index is 1430. The van der Waals surface area contributed by atoms with E-state index in [1.165, 1.54) is 7.05 Å². The van der Waals surface area contributed by atoms with E-state index < -0.39 is 42.9 Å². The molecule has 3 N–H and O–H groups in total. The molecule has 3 fully saturated rings. The van der Waals surface area contributed by atoms with Crippen molar-refractivity contribution in [2.24, 2.45) is 44.3 Å². The van der Waals surface area contributed by atoms with Crippen molar-refractivity contribution in [3.8, 4) is 6.07 Å². The largest absolute Gasteiger partial charge is 0.381 e. The minimum Gasteiger partial charge on any atom is -0.381 e. The van der Waals surface area contributed by atoms with Crippen LogP contribution in [0.3, 0.4) is 0 Å². The number of nitriles is 1. The number of hydrogen-bond donors (Lipinski definition) is 3. The monoisotopic (exact) mass is 585 g/mol. The van der Waals surface area contributed by atoms with Gasteiger partial charge in [0.2, 0.25) is 0 Å². The van der Waals surface area contributed by atoms with Crippen LogP contribution in [0.2, 0.25) is 0 Å². The molecule has 0 spiro atoms. The fourth-order valence-electron chi connectivity index (χ4n) is 10.3. The van der Waals surface area contributed by atoms with Crippen LogP contribution in [0.5, 0.6) is 0 Å². The summed E-state index contributed by atoms with van der Waals surface area (Å²) in [5.74, 6) is -0.824. The number of ketones is 2. The van der Waals surface area contributed by atoms with Gasteiger partial charge in [0.1, 0.15) is 11.7 Å². The summed E-state index contributed by atoms with van der Waals surface area (Å²) in [6, 6.07) is 2.13. The van der Waals surface area contributed by atoms with Crippen LogP contribution < -0.4 is 9.44 Å². The molecule has 0 saturated heterocycles. The molecule has 5 aliphatic carbocycles. The molecule has 0 heterocycles. The van der Waals surface area contributed by atoms with Gasteiger partial charge in [-0.25, -0.2) is 9.44 Å². The lowest BCUT2D eigenvalue weighted by molar-refractivity contribution is -0.243. The van der Waals surface area contributed by atoms with Gasteiger partial charge in [0.25, 0.3) is 10.2 Å². The second kappa shape index (κ2) is 8.84. The quantitative estimate of drug-likeness (QED) is 0.448. The van der Waals surface area contributed by atoms with E-state index in [9.17, 15) is 28.4 Å². The van der Waals surface area contributed by atoms with Crippen LogP contribution in [-0.2, 0) is 19.8 Å². The van der Waals surface area contributed by atoms with Crippen molar-refractivity contribution in [3.63, 3.8) is 0 Å². The van der Waals surface area contributed by atoms with Gasteiger partial charge in [0, 0.05) is 35.8 Å². The van der Waals surface area contributed by atoms with Crippen molar-refractivity contribution in [1.29, 1.82) is 5.26 Å². The van der Waals surface area contributed by atoms with Crippen LogP contribution in [0.15, 0.2) is 23.3 Å². The molecule has 8 nitrogen and oxygen atoms in total. The summed E-state index contributed by atoms with van der Waals surface area (Å²) in [7, 11) is -2.25. The summed E-state index contributed by atoms with van der Waals surface area (Å²) >= 11 is 0. The Morgan fingerprint density at radius 2 is 1.63 bits per heavy atom. The molecule has 0 amide bonds. The zero-order chi connectivity index (χ0) is 30.7. The topological polar surface area (TPSA) is 136 Å². The van der Waals surface area contributed by atoms with Gasteiger partial charge in [-0.2, -0.15) is 13.7 Å². The smallest absolute Gasteiger partial charge is 0.276 e. The first kappa shape index (κ1) is 30.6. The van der Waals surface area contributed by atoms with Crippen molar-refractivity contribution in [1.82, 2.24) is 9.44 Å². The van der Waals surface area contributed by atoms with Crippen LogP contribution in [0.25, 0.3) is 0 Å². The molecule has 0 unspecified atom stereocenters. The molecular weight excluding hydrogens is 538 g/mol. The molecule has 8 atom stereocenters. The van der Waals surface area contributed by atoms with E-state index in [2.05, 4.69) is 50.1 Å². The fourth-order valence-corrected chi connectivity index (χ4v) is 11.0. The van der Waals surface area contributed by atoms with Gasteiger partial charge in [-0.1, -0.05) is 54.5 Å². The molecule has 0 aromatic rings. The molecular formula is C32H47N3O5S. The number of nitrogens with zero attached hydrogens (tertiary/aromatic N) is 1. The van der Waals surface area contributed by atoms with Gasteiger partial charge in [-0.3, -0.25) is 9.59 Å². The maximum absolute atomic E-state index is 14.5. The molecule has 0 aliphatic heterocycles. The summed E-state index contributed by atoms with van der Waals surface area (Å²) in [5, 5.41) is 22.8. The van der Waals surface area contributed by atoms with E-state index >= 15 is 0 Å². The van der Waals surface area contributed by atoms with Gasteiger partial charge in [-0.05, 0) is 78.8 Å². The average molecular weight is 586 g/mol. The third-order valence-electron chi connectivity index (χ3n) is 13.3. The summed E-state index contributed by atoms with van der Waals surface area (Å²) in [4.78, 5) is 27.8. The van der Waals surface area contributed by atoms with Crippen LogP contribution in [0.4, 0.5) is 0 Å². The number of aliphatic hydroxyl groups is 1. The first-order valence-corrected chi connectivity index (χ1v) is 16.5. The standard InChI is InChI=1S/C32H47N3O5S/c1-26(2)21-9-10-30(6)22(29(21,5)16-20(18-33)25(26)37)15-24(36)32(38)23-17-27(3,19-35-41(39,40)34-8)11-12-28(23,4)13-14-31(30,32)7/h15-16,21,23,34-35,38H,9-14,17,19H2,1-8H3/t21-,23+,27-,28+,29-,30+,31-,32+/m0/s1. The number of hydrogen-bond acceptors (Lipinski definition) is 6.